The maximum Gasteiger partial charge on any atom is 0.146 e. The van der Waals surface area contributed by atoms with Crippen LogP contribution >= 0.6 is 11.3 Å². The van der Waals surface area contributed by atoms with Crippen molar-refractivity contribution < 1.29 is 0 Å². The maximum atomic E-state index is 4.96. The van der Waals surface area contributed by atoms with Crippen LogP contribution in [0.2, 0.25) is 0 Å². The lowest BCUT2D eigenvalue weighted by molar-refractivity contribution is 0.0189. The minimum Gasteiger partial charge on any atom is -0.368 e. The Balaban J connectivity index is 1.49. The second-order valence-electron chi connectivity index (χ2n) is 8.29. The van der Waals surface area contributed by atoms with Crippen LogP contribution in [0.15, 0.2) is 35.7 Å². The maximum absolute atomic E-state index is 4.96. The van der Waals surface area contributed by atoms with Gasteiger partial charge in [-0.3, -0.25) is 9.80 Å². The van der Waals surface area contributed by atoms with Crippen LogP contribution in [-0.2, 0) is 6.54 Å². The monoisotopic (exact) mass is 408 g/mol. The fraction of sp³-hybridized carbons (Fsp3) is 0.455. The number of hydrogen-bond acceptors (Lipinski definition) is 7. The third kappa shape index (κ3) is 3.88. The van der Waals surface area contributed by atoms with Crippen LogP contribution in [0.5, 0.6) is 0 Å². The summed E-state index contributed by atoms with van der Waals surface area (Å²) in [5.41, 5.74) is 2.44. The molecule has 152 valence electrons. The van der Waals surface area contributed by atoms with Crippen molar-refractivity contribution >= 4 is 27.4 Å². The van der Waals surface area contributed by atoms with Gasteiger partial charge in [0.1, 0.15) is 16.5 Å². The molecule has 6 nitrogen and oxygen atoms in total. The Morgan fingerprint density at radius 1 is 1.10 bits per heavy atom. The topological polar surface area (TPSA) is 47.5 Å². The van der Waals surface area contributed by atoms with Crippen LogP contribution in [0.1, 0.15) is 5.82 Å². The summed E-state index contributed by atoms with van der Waals surface area (Å²) in [6.07, 6.45) is 0. The van der Waals surface area contributed by atoms with Crippen molar-refractivity contribution in [2.24, 2.45) is 0 Å². The predicted octanol–water partition coefficient (Wildman–Crippen LogP) is 2.83. The fourth-order valence-electron chi connectivity index (χ4n) is 4.43. The zero-order valence-electron chi connectivity index (χ0n) is 17.1. The van der Waals surface area contributed by atoms with Gasteiger partial charge in [-0.1, -0.05) is 30.3 Å². The molecule has 5 heterocycles. The largest absolute Gasteiger partial charge is 0.368 e. The van der Waals surface area contributed by atoms with Gasteiger partial charge in [-0.2, -0.15) is 0 Å². The first kappa shape index (κ1) is 18.9. The van der Waals surface area contributed by atoms with Crippen LogP contribution in [-0.4, -0.2) is 84.1 Å². The van der Waals surface area contributed by atoms with Crippen LogP contribution in [0.4, 0.5) is 5.82 Å². The van der Waals surface area contributed by atoms with Gasteiger partial charge in [0.05, 0.1) is 11.9 Å². The van der Waals surface area contributed by atoms with Gasteiger partial charge < -0.3 is 10.2 Å². The fourth-order valence-corrected chi connectivity index (χ4v) is 5.40. The van der Waals surface area contributed by atoms with E-state index in [9.17, 15) is 0 Å². The summed E-state index contributed by atoms with van der Waals surface area (Å²) < 4.78 is 0. The minimum absolute atomic E-state index is 0.554. The molecule has 6 rings (SSSR count). The number of thiophene rings is 1. The van der Waals surface area contributed by atoms with Gasteiger partial charge in [-0.25, -0.2) is 9.97 Å². The molecule has 2 bridgehead atoms. The quantitative estimate of drug-likeness (QED) is 0.677. The lowest BCUT2D eigenvalue weighted by atomic mass is 10.1. The number of piperazine rings is 3. The number of nitrogens with one attached hydrogen (secondary N) is 1. The van der Waals surface area contributed by atoms with Crippen molar-refractivity contribution in [1.82, 2.24) is 24.7 Å². The number of hydrogen-bond donors (Lipinski definition) is 1. The summed E-state index contributed by atoms with van der Waals surface area (Å²) in [7, 11) is 4.12. The highest BCUT2D eigenvalue weighted by molar-refractivity contribution is 7.17. The van der Waals surface area contributed by atoms with E-state index >= 15 is 0 Å². The summed E-state index contributed by atoms with van der Waals surface area (Å²) in [5.74, 6) is 1.85. The number of aromatic nitrogens is 2. The van der Waals surface area contributed by atoms with Crippen molar-refractivity contribution in [3.8, 4) is 11.1 Å². The molecular weight excluding hydrogens is 380 g/mol. The van der Waals surface area contributed by atoms with Crippen LogP contribution in [0, 0.1) is 0 Å². The third-order valence-electron chi connectivity index (χ3n) is 5.92. The number of fused-ring (bicyclic) bond motifs is 4. The molecule has 2 aromatic heterocycles. The van der Waals surface area contributed by atoms with Crippen LogP contribution < -0.4 is 5.32 Å². The Morgan fingerprint density at radius 2 is 1.90 bits per heavy atom. The first-order valence-electron chi connectivity index (χ1n) is 10.4. The molecule has 3 aliphatic rings. The van der Waals surface area contributed by atoms with Crippen molar-refractivity contribution in [2.75, 3.05) is 58.7 Å². The molecule has 29 heavy (non-hydrogen) atoms. The Hall–Kier alpha value is -2.06. The molecule has 0 spiro atoms. The molecule has 1 atom stereocenters. The first-order chi connectivity index (χ1) is 14.2. The van der Waals surface area contributed by atoms with E-state index < -0.39 is 0 Å². The van der Waals surface area contributed by atoms with Crippen molar-refractivity contribution in [3.63, 3.8) is 0 Å². The van der Waals surface area contributed by atoms with Crippen molar-refractivity contribution in [3.05, 3.63) is 41.5 Å². The number of anilines is 1. The summed E-state index contributed by atoms with van der Waals surface area (Å²) in [6, 6.07) is 11.1. The van der Waals surface area contributed by atoms with Gasteiger partial charge >= 0.3 is 0 Å². The molecule has 0 aliphatic carbocycles. The van der Waals surface area contributed by atoms with Gasteiger partial charge in [-0.05, 0) is 19.7 Å². The van der Waals surface area contributed by atoms with E-state index in [0.29, 0.717) is 6.04 Å². The van der Waals surface area contributed by atoms with Gasteiger partial charge in [0.2, 0.25) is 0 Å². The van der Waals surface area contributed by atoms with E-state index in [1.165, 1.54) is 37.3 Å². The molecule has 1 aromatic carbocycles. The standard InChI is InChI=1S/C22H28N6S/c1-26(2)14-19-24-21(23-12-17-13-27-8-10-28(17)11-9-27)20-18(15-29-22(20)25-19)16-6-4-3-5-7-16/h3-7,15,17H,8-14H2,1-2H3,(H,23,24,25). The highest BCUT2D eigenvalue weighted by Gasteiger charge is 2.31. The summed E-state index contributed by atoms with van der Waals surface area (Å²) in [5, 5.41) is 7.09. The zero-order chi connectivity index (χ0) is 19.8. The highest BCUT2D eigenvalue weighted by Crippen LogP contribution is 2.37. The normalized spacial score (nSPS) is 23.8. The molecule has 3 saturated heterocycles. The second kappa shape index (κ2) is 7.99. The van der Waals surface area contributed by atoms with E-state index in [2.05, 4.69) is 69.8 Å². The van der Waals surface area contributed by atoms with E-state index in [1.54, 1.807) is 11.3 Å². The smallest absolute Gasteiger partial charge is 0.146 e. The second-order valence-corrected chi connectivity index (χ2v) is 9.15. The number of rotatable bonds is 6. The van der Waals surface area contributed by atoms with Crippen LogP contribution in [0.25, 0.3) is 21.3 Å². The summed E-state index contributed by atoms with van der Waals surface area (Å²) >= 11 is 1.71. The number of benzene rings is 1. The molecule has 0 saturated carbocycles. The average molecular weight is 409 g/mol. The zero-order valence-corrected chi connectivity index (χ0v) is 18.0. The van der Waals surface area contributed by atoms with Crippen molar-refractivity contribution in [1.29, 1.82) is 0 Å². The molecule has 1 N–H and O–H groups in total. The predicted molar refractivity (Wildman–Crippen MR) is 121 cm³/mol. The molecule has 3 aliphatic heterocycles. The average Bonchev–Trinajstić information content (AvgIpc) is 3.17. The molecular formula is C22H28N6S. The van der Waals surface area contributed by atoms with E-state index in [0.717, 1.165) is 41.5 Å². The Kier molecular flexibility index (Phi) is 5.22. The lowest BCUT2D eigenvalue weighted by Crippen LogP contribution is -2.62. The molecule has 1 unspecified atom stereocenters. The van der Waals surface area contributed by atoms with E-state index in [-0.39, 0.29) is 0 Å². The molecule has 3 aromatic rings. The summed E-state index contributed by atoms with van der Waals surface area (Å²) in [4.78, 5) is 18.2. The van der Waals surface area contributed by atoms with Gasteiger partial charge in [-0.15, -0.1) is 11.3 Å². The lowest BCUT2D eigenvalue weighted by Gasteiger charge is -2.47. The number of nitrogens with zero attached hydrogens (tertiary/aromatic N) is 5. The molecule has 7 heteroatoms. The van der Waals surface area contributed by atoms with Crippen LogP contribution in [0.3, 0.4) is 0 Å². The van der Waals surface area contributed by atoms with Gasteiger partial charge in [0.25, 0.3) is 0 Å². The SMILES string of the molecule is CN(C)Cc1nc(NCC2CN3CCN2CC3)c2c(-c3ccccc3)csc2n1. The Labute approximate surface area is 176 Å². The van der Waals surface area contributed by atoms with E-state index in [4.69, 9.17) is 9.97 Å². The van der Waals surface area contributed by atoms with E-state index in [1.807, 2.05) is 0 Å². The summed E-state index contributed by atoms with van der Waals surface area (Å²) in [6.45, 7) is 7.62. The molecule has 3 fully saturated rings. The Bertz CT molecular complexity index is 978. The minimum atomic E-state index is 0.554. The first-order valence-corrected chi connectivity index (χ1v) is 11.2. The Morgan fingerprint density at radius 3 is 2.59 bits per heavy atom. The molecule has 0 radical (unpaired) electrons. The highest BCUT2D eigenvalue weighted by atomic mass is 32.1. The third-order valence-corrected chi connectivity index (χ3v) is 6.79. The van der Waals surface area contributed by atoms with Gasteiger partial charge in [0, 0.05) is 56.3 Å². The van der Waals surface area contributed by atoms with Crippen molar-refractivity contribution in [2.45, 2.75) is 12.6 Å². The van der Waals surface area contributed by atoms with Gasteiger partial charge in [0.15, 0.2) is 0 Å². The molecule has 0 amide bonds.